The summed E-state index contributed by atoms with van der Waals surface area (Å²) in [6.07, 6.45) is 1.77. The van der Waals surface area contributed by atoms with Crippen LogP contribution in [0, 0.1) is 0 Å². The van der Waals surface area contributed by atoms with E-state index in [1.165, 1.54) is 0 Å². The monoisotopic (exact) mass is 320 g/mol. The Labute approximate surface area is 117 Å². The number of thiazole rings is 1. The molecule has 0 radical (unpaired) electrons. The molecule has 0 unspecified atom stereocenters. The second kappa shape index (κ2) is 4.66. The first-order valence-electron chi connectivity index (χ1n) is 5.33. The van der Waals surface area contributed by atoms with Crippen molar-refractivity contribution in [2.45, 2.75) is 0 Å². The number of pyridine rings is 1. The van der Waals surface area contributed by atoms with Crippen molar-refractivity contribution in [3.63, 3.8) is 0 Å². The Balaban J connectivity index is 2.13. The van der Waals surface area contributed by atoms with Gasteiger partial charge in [0.2, 0.25) is 0 Å². The standard InChI is InChI=1S/C13H9BrN2OS/c1-17-9-2-3-10-11(7-9)18-13(16-10)8-4-5-15-12(14)6-8/h2-7H,1H3. The number of rotatable bonds is 2. The van der Waals surface area contributed by atoms with E-state index in [0.29, 0.717) is 0 Å². The van der Waals surface area contributed by atoms with Crippen LogP contribution in [0.25, 0.3) is 20.8 Å². The lowest BCUT2D eigenvalue weighted by Crippen LogP contribution is -1.80. The van der Waals surface area contributed by atoms with Gasteiger partial charge in [-0.05, 0) is 46.3 Å². The molecule has 0 atom stereocenters. The number of methoxy groups -OCH3 is 1. The predicted octanol–water partition coefficient (Wildman–Crippen LogP) is 4.13. The number of benzene rings is 1. The summed E-state index contributed by atoms with van der Waals surface area (Å²) in [5, 5.41) is 0.987. The molecule has 1 aromatic carbocycles. The number of halogens is 1. The highest BCUT2D eigenvalue weighted by Gasteiger charge is 2.07. The Morgan fingerprint density at radius 1 is 1.22 bits per heavy atom. The molecule has 0 fully saturated rings. The van der Waals surface area contributed by atoms with Gasteiger partial charge in [0, 0.05) is 11.8 Å². The van der Waals surface area contributed by atoms with Crippen LogP contribution in [-0.4, -0.2) is 17.1 Å². The maximum absolute atomic E-state index is 5.22. The smallest absolute Gasteiger partial charge is 0.124 e. The Bertz CT molecular complexity index is 711. The lowest BCUT2D eigenvalue weighted by atomic mass is 10.3. The van der Waals surface area contributed by atoms with Gasteiger partial charge in [0.1, 0.15) is 15.4 Å². The molecule has 0 saturated heterocycles. The van der Waals surface area contributed by atoms with Crippen LogP contribution < -0.4 is 4.74 Å². The van der Waals surface area contributed by atoms with Crippen molar-refractivity contribution in [1.29, 1.82) is 0 Å². The van der Waals surface area contributed by atoms with Crippen molar-refractivity contribution in [2.24, 2.45) is 0 Å². The Morgan fingerprint density at radius 3 is 2.89 bits per heavy atom. The minimum absolute atomic E-state index is 0.817. The zero-order chi connectivity index (χ0) is 12.5. The number of hydrogen-bond donors (Lipinski definition) is 0. The fourth-order valence-corrected chi connectivity index (χ4v) is 3.05. The molecule has 0 saturated carbocycles. The molecular formula is C13H9BrN2OS. The van der Waals surface area contributed by atoms with Crippen molar-refractivity contribution in [3.8, 4) is 16.3 Å². The molecule has 0 spiro atoms. The molecule has 2 heterocycles. The van der Waals surface area contributed by atoms with Crippen molar-refractivity contribution in [2.75, 3.05) is 7.11 Å². The zero-order valence-electron chi connectivity index (χ0n) is 9.55. The van der Waals surface area contributed by atoms with Gasteiger partial charge in [-0.25, -0.2) is 9.97 Å². The van der Waals surface area contributed by atoms with E-state index < -0.39 is 0 Å². The predicted molar refractivity (Wildman–Crippen MR) is 77.1 cm³/mol. The highest BCUT2D eigenvalue weighted by molar-refractivity contribution is 9.10. The number of aromatic nitrogens is 2. The lowest BCUT2D eigenvalue weighted by Gasteiger charge is -1.96. The molecule has 0 aliphatic heterocycles. The van der Waals surface area contributed by atoms with Crippen molar-refractivity contribution < 1.29 is 4.74 Å². The van der Waals surface area contributed by atoms with Crippen LogP contribution in [-0.2, 0) is 0 Å². The molecule has 3 aromatic rings. The van der Waals surface area contributed by atoms with Gasteiger partial charge < -0.3 is 4.74 Å². The molecule has 0 N–H and O–H groups in total. The number of fused-ring (bicyclic) bond motifs is 1. The summed E-state index contributed by atoms with van der Waals surface area (Å²) in [5.74, 6) is 0.855. The normalized spacial score (nSPS) is 10.8. The lowest BCUT2D eigenvalue weighted by molar-refractivity contribution is 0.415. The first kappa shape index (κ1) is 11.6. The van der Waals surface area contributed by atoms with E-state index in [2.05, 4.69) is 25.9 Å². The van der Waals surface area contributed by atoms with Gasteiger partial charge >= 0.3 is 0 Å². The van der Waals surface area contributed by atoms with Crippen molar-refractivity contribution >= 4 is 37.5 Å². The third kappa shape index (κ3) is 2.11. The Kier molecular flexibility index (Phi) is 3.01. The molecule has 5 heteroatoms. The topological polar surface area (TPSA) is 35.0 Å². The fraction of sp³-hybridized carbons (Fsp3) is 0.0769. The van der Waals surface area contributed by atoms with Gasteiger partial charge in [0.05, 0.1) is 17.3 Å². The SMILES string of the molecule is COc1ccc2nc(-c3ccnc(Br)c3)sc2c1. The van der Waals surface area contributed by atoms with Crippen LogP contribution in [0.2, 0.25) is 0 Å². The van der Waals surface area contributed by atoms with Crippen LogP contribution in [0.1, 0.15) is 0 Å². The third-order valence-electron chi connectivity index (χ3n) is 2.57. The molecule has 0 amide bonds. The molecule has 0 bridgehead atoms. The maximum atomic E-state index is 5.22. The molecule has 90 valence electrons. The fourth-order valence-electron chi connectivity index (χ4n) is 1.69. The molecule has 0 aliphatic carbocycles. The molecule has 2 aromatic heterocycles. The summed E-state index contributed by atoms with van der Waals surface area (Å²) < 4.78 is 7.16. The first-order valence-corrected chi connectivity index (χ1v) is 6.94. The number of hydrogen-bond acceptors (Lipinski definition) is 4. The molecule has 0 aliphatic rings. The third-order valence-corrected chi connectivity index (χ3v) is 4.07. The number of nitrogens with zero attached hydrogens (tertiary/aromatic N) is 2. The summed E-state index contributed by atoms with van der Waals surface area (Å²) in [6.45, 7) is 0. The van der Waals surface area contributed by atoms with E-state index in [1.807, 2.05) is 30.3 Å². The average molecular weight is 321 g/mol. The van der Waals surface area contributed by atoms with Gasteiger partial charge in [0.15, 0.2) is 0 Å². The second-order valence-corrected chi connectivity index (χ2v) is 5.56. The highest BCUT2D eigenvalue weighted by Crippen LogP contribution is 2.32. The minimum Gasteiger partial charge on any atom is -0.497 e. The van der Waals surface area contributed by atoms with Gasteiger partial charge in [-0.2, -0.15) is 0 Å². The first-order chi connectivity index (χ1) is 8.76. The minimum atomic E-state index is 0.817. The summed E-state index contributed by atoms with van der Waals surface area (Å²) in [5.41, 5.74) is 2.06. The van der Waals surface area contributed by atoms with Crippen LogP contribution in [0.15, 0.2) is 41.1 Å². The summed E-state index contributed by atoms with van der Waals surface area (Å²) in [4.78, 5) is 8.73. The van der Waals surface area contributed by atoms with E-state index in [0.717, 1.165) is 31.1 Å². The van der Waals surface area contributed by atoms with Crippen LogP contribution >= 0.6 is 27.3 Å². The van der Waals surface area contributed by atoms with Crippen LogP contribution in [0.3, 0.4) is 0 Å². The quantitative estimate of drug-likeness (QED) is 0.666. The van der Waals surface area contributed by atoms with Crippen molar-refractivity contribution in [3.05, 3.63) is 41.1 Å². The largest absolute Gasteiger partial charge is 0.497 e. The summed E-state index contributed by atoms with van der Waals surface area (Å²) in [7, 11) is 1.67. The van der Waals surface area contributed by atoms with E-state index in [-0.39, 0.29) is 0 Å². The van der Waals surface area contributed by atoms with E-state index in [9.17, 15) is 0 Å². The second-order valence-electron chi connectivity index (χ2n) is 3.72. The van der Waals surface area contributed by atoms with Gasteiger partial charge in [-0.1, -0.05) is 0 Å². The van der Waals surface area contributed by atoms with E-state index >= 15 is 0 Å². The van der Waals surface area contributed by atoms with Gasteiger partial charge in [-0.3, -0.25) is 0 Å². The molecular weight excluding hydrogens is 312 g/mol. The summed E-state index contributed by atoms with van der Waals surface area (Å²) in [6, 6.07) is 9.83. The summed E-state index contributed by atoms with van der Waals surface area (Å²) >= 11 is 5.02. The van der Waals surface area contributed by atoms with Crippen molar-refractivity contribution in [1.82, 2.24) is 9.97 Å². The molecule has 18 heavy (non-hydrogen) atoms. The van der Waals surface area contributed by atoms with E-state index in [1.54, 1.807) is 24.6 Å². The Hall–Kier alpha value is -1.46. The van der Waals surface area contributed by atoms with Crippen LogP contribution in [0.4, 0.5) is 0 Å². The van der Waals surface area contributed by atoms with Gasteiger partial charge in [0.25, 0.3) is 0 Å². The van der Waals surface area contributed by atoms with E-state index in [4.69, 9.17) is 4.74 Å². The maximum Gasteiger partial charge on any atom is 0.124 e. The van der Waals surface area contributed by atoms with Gasteiger partial charge in [-0.15, -0.1) is 11.3 Å². The molecule has 3 rings (SSSR count). The molecule has 3 nitrogen and oxygen atoms in total. The van der Waals surface area contributed by atoms with Crippen LogP contribution in [0.5, 0.6) is 5.75 Å². The number of ether oxygens (including phenoxy) is 1. The Morgan fingerprint density at radius 2 is 2.11 bits per heavy atom. The average Bonchev–Trinajstić information content (AvgIpc) is 2.81. The zero-order valence-corrected chi connectivity index (χ0v) is 12.0. The highest BCUT2D eigenvalue weighted by atomic mass is 79.9.